The van der Waals surface area contributed by atoms with Crippen molar-refractivity contribution in [2.75, 3.05) is 32.6 Å². The summed E-state index contributed by atoms with van der Waals surface area (Å²) in [5.74, 6) is 0. The Morgan fingerprint density at radius 3 is 2.71 bits per heavy atom. The molecule has 8 nitrogen and oxygen atoms in total. The van der Waals surface area contributed by atoms with Crippen molar-refractivity contribution in [3.63, 3.8) is 0 Å². The average Bonchev–Trinajstić information content (AvgIpc) is 2.96. The van der Waals surface area contributed by atoms with Crippen molar-refractivity contribution < 1.29 is 18.1 Å². The second-order valence-electron chi connectivity index (χ2n) is 4.70. The van der Waals surface area contributed by atoms with E-state index in [2.05, 4.69) is 5.32 Å². The number of rotatable bonds is 5. The van der Waals surface area contributed by atoms with Crippen molar-refractivity contribution in [3.8, 4) is 0 Å². The molecule has 0 aliphatic carbocycles. The average molecular weight is 315 g/mol. The molecule has 1 atom stereocenters. The van der Waals surface area contributed by atoms with Crippen LogP contribution in [-0.2, 0) is 14.8 Å². The van der Waals surface area contributed by atoms with Crippen LogP contribution in [0, 0.1) is 10.1 Å². The maximum absolute atomic E-state index is 12.6. The molecular weight excluding hydrogens is 298 g/mol. The predicted octanol–water partition coefficient (Wildman–Crippen LogP) is 1.05. The van der Waals surface area contributed by atoms with E-state index in [1.54, 1.807) is 7.11 Å². The molecular formula is C12H17N3O5S. The van der Waals surface area contributed by atoms with Crippen LogP contribution in [0.25, 0.3) is 0 Å². The first-order valence-electron chi connectivity index (χ1n) is 6.39. The second-order valence-corrected chi connectivity index (χ2v) is 6.60. The van der Waals surface area contributed by atoms with Crippen LogP contribution in [-0.4, -0.2) is 51.0 Å². The maximum atomic E-state index is 12.6. The van der Waals surface area contributed by atoms with Crippen LogP contribution in [0.1, 0.15) is 6.42 Å². The van der Waals surface area contributed by atoms with Crippen LogP contribution >= 0.6 is 0 Å². The SMILES string of the molecule is CNc1cc([N+](=O)[O-])ccc1S(=O)(=O)N1CCC(OC)C1. The van der Waals surface area contributed by atoms with Crippen LogP contribution in [0.15, 0.2) is 23.1 Å². The van der Waals surface area contributed by atoms with E-state index in [1.807, 2.05) is 0 Å². The van der Waals surface area contributed by atoms with Crippen molar-refractivity contribution >= 4 is 21.4 Å². The van der Waals surface area contributed by atoms with Crippen molar-refractivity contribution in [1.82, 2.24) is 4.31 Å². The minimum Gasteiger partial charge on any atom is -0.387 e. The van der Waals surface area contributed by atoms with E-state index in [9.17, 15) is 18.5 Å². The van der Waals surface area contributed by atoms with Gasteiger partial charge in [-0.2, -0.15) is 4.31 Å². The molecule has 2 rings (SSSR count). The van der Waals surface area contributed by atoms with Crippen molar-refractivity contribution in [2.24, 2.45) is 0 Å². The molecule has 1 unspecified atom stereocenters. The summed E-state index contributed by atoms with van der Waals surface area (Å²) in [6, 6.07) is 3.67. The van der Waals surface area contributed by atoms with Gasteiger partial charge >= 0.3 is 0 Å². The molecule has 0 saturated carbocycles. The lowest BCUT2D eigenvalue weighted by atomic mass is 10.3. The summed E-state index contributed by atoms with van der Waals surface area (Å²) in [6.07, 6.45) is 0.522. The highest BCUT2D eigenvalue weighted by Crippen LogP contribution is 2.30. The first kappa shape index (κ1) is 15.7. The van der Waals surface area contributed by atoms with Gasteiger partial charge in [0.25, 0.3) is 5.69 Å². The lowest BCUT2D eigenvalue weighted by Gasteiger charge is -2.18. The number of methoxy groups -OCH3 is 1. The van der Waals surface area contributed by atoms with Gasteiger partial charge in [0.1, 0.15) is 4.90 Å². The summed E-state index contributed by atoms with van der Waals surface area (Å²) in [5.41, 5.74) is 0.0551. The first-order valence-corrected chi connectivity index (χ1v) is 7.83. The molecule has 0 bridgehead atoms. The molecule has 9 heteroatoms. The zero-order chi connectivity index (χ0) is 15.6. The number of sulfonamides is 1. The van der Waals surface area contributed by atoms with E-state index in [0.29, 0.717) is 19.5 Å². The van der Waals surface area contributed by atoms with Gasteiger partial charge in [-0.05, 0) is 12.5 Å². The van der Waals surface area contributed by atoms with E-state index in [1.165, 1.54) is 29.6 Å². The Labute approximate surface area is 122 Å². The smallest absolute Gasteiger partial charge is 0.271 e. The number of nitrogens with one attached hydrogen (secondary N) is 1. The van der Waals surface area contributed by atoms with Crippen LogP contribution in [0.5, 0.6) is 0 Å². The molecule has 1 aromatic rings. The summed E-state index contributed by atoms with van der Waals surface area (Å²) in [5, 5.41) is 13.5. The predicted molar refractivity (Wildman–Crippen MR) is 76.8 cm³/mol. The molecule has 1 heterocycles. The molecule has 1 aliphatic heterocycles. The Morgan fingerprint density at radius 1 is 1.48 bits per heavy atom. The molecule has 0 spiro atoms. The van der Waals surface area contributed by atoms with Crippen LogP contribution in [0.2, 0.25) is 0 Å². The molecule has 116 valence electrons. The zero-order valence-corrected chi connectivity index (χ0v) is 12.6. The van der Waals surface area contributed by atoms with Crippen molar-refractivity contribution in [2.45, 2.75) is 17.4 Å². The van der Waals surface area contributed by atoms with Gasteiger partial charge in [0, 0.05) is 39.4 Å². The molecule has 1 aromatic carbocycles. The van der Waals surface area contributed by atoms with Crippen LogP contribution < -0.4 is 5.32 Å². The molecule has 1 saturated heterocycles. The van der Waals surface area contributed by atoms with E-state index >= 15 is 0 Å². The fourth-order valence-corrected chi connectivity index (χ4v) is 3.96. The quantitative estimate of drug-likeness (QED) is 0.643. The molecule has 0 aromatic heterocycles. The van der Waals surface area contributed by atoms with Crippen molar-refractivity contribution in [1.29, 1.82) is 0 Å². The highest BCUT2D eigenvalue weighted by Gasteiger charge is 2.34. The highest BCUT2D eigenvalue weighted by atomic mass is 32.2. The summed E-state index contributed by atoms with van der Waals surface area (Å²) in [4.78, 5) is 10.2. The number of benzene rings is 1. The number of nitro benzene ring substituents is 1. The standard InChI is InChI=1S/C12H17N3O5S/c1-13-11-7-9(15(16)17)3-4-12(11)21(18,19)14-6-5-10(8-14)20-2/h3-4,7,10,13H,5-6,8H2,1-2H3. The van der Waals surface area contributed by atoms with Crippen LogP contribution in [0.4, 0.5) is 11.4 Å². The molecule has 1 N–H and O–H groups in total. The number of hydrogen-bond acceptors (Lipinski definition) is 6. The molecule has 21 heavy (non-hydrogen) atoms. The Hall–Kier alpha value is -1.71. The molecule has 0 radical (unpaired) electrons. The lowest BCUT2D eigenvalue weighted by molar-refractivity contribution is -0.384. The number of nitrogens with zero attached hydrogens (tertiary/aromatic N) is 2. The highest BCUT2D eigenvalue weighted by molar-refractivity contribution is 7.89. The fraction of sp³-hybridized carbons (Fsp3) is 0.500. The minimum absolute atomic E-state index is 0.0346. The van der Waals surface area contributed by atoms with Gasteiger partial charge in [0.2, 0.25) is 10.0 Å². The summed E-state index contributed by atoms with van der Waals surface area (Å²) in [6.45, 7) is 0.667. The van der Waals surface area contributed by atoms with E-state index in [-0.39, 0.29) is 22.4 Å². The van der Waals surface area contributed by atoms with Gasteiger partial charge in [-0.15, -0.1) is 0 Å². The van der Waals surface area contributed by atoms with E-state index in [0.717, 1.165) is 0 Å². The van der Waals surface area contributed by atoms with Crippen LogP contribution in [0.3, 0.4) is 0 Å². The summed E-state index contributed by atoms with van der Waals surface area (Å²) in [7, 11) is -0.624. The second kappa shape index (κ2) is 5.96. The van der Waals surface area contributed by atoms with Crippen molar-refractivity contribution in [3.05, 3.63) is 28.3 Å². The normalized spacial score (nSPS) is 19.6. The molecule has 1 fully saturated rings. The third-order valence-corrected chi connectivity index (χ3v) is 5.43. The number of ether oxygens (including phenoxy) is 1. The number of non-ortho nitro benzene ring substituents is 1. The first-order chi connectivity index (χ1) is 9.90. The van der Waals surface area contributed by atoms with E-state index < -0.39 is 14.9 Å². The lowest BCUT2D eigenvalue weighted by Crippen LogP contribution is -2.30. The summed E-state index contributed by atoms with van der Waals surface area (Å²) < 4.78 is 31.7. The topological polar surface area (TPSA) is 102 Å². The fourth-order valence-electron chi connectivity index (χ4n) is 2.30. The largest absolute Gasteiger partial charge is 0.387 e. The minimum atomic E-state index is -3.70. The monoisotopic (exact) mass is 315 g/mol. The molecule has 1 aliphatic rings. The van der Waals surface area contributed by atoms with Gasteiger partial charge in [-0.25, -0.2) is 8.42 Å². The van der Waals surface area contributed by atoms with E-state index in [4.69, 9.17) is 4.74 Å². The van der Waals surface area contributed by atoms with Gasteiger partial charge < -0.3 is 10.1 Å². The Morgan fingerprint density at radius 2 is 2.19 bits per heavy atom. The number of anilines is 1. The number of nitro groups is 1. The Kier molecular flexibility index (Phi) is 4.45. The van der Waals surface area contributed by atoms with Gasteiger partial charge in [-0.3, -0.25) is 10.1 Å². The third kappa shape index (κ3) is 2.99. The number of hydrogen-bond donors (Lipinski definition) is 1. The Bertz CT molecular complexity index is 646. The maximum Gasteiger partial charge on any atom is 0.271 e. The zero-order valence-electron chi connectivity index (χ0n) is 11.8. The van der Waals surface area contributed by atoms with Gasteiger partial charge in [0.15, 0.2) is 0 Å². The third-order valence-electron chi connectivity index (χ3n) is 3.50. The molecule has 0 amide bonds. The van der Waals surface area contributed by atoms with Gasteiger partial charge in [-0.1, -0.05) is 0 Å². The summed E-state index contributed by atoms with van der Waals surface area (Å²) >= 11 is 0. The Balaban J connectivity index is 2.38. The van der Waals surface area contributed by atoms with Gasteiger partial charge in [0.05, 0.1) is 16.7 Å².